The Hall–Kier alpha value is -0.800. The Bertz CT molecular complexity index is 852. The molecule has 1 N–H and O–H groups in total. The molecule has 0 aromatic heterocycles. The lowest BCUT2D eigenvalue weighted by molar-refractivity contribution is -0.141. The number of carboxylic acids is 1. The Labute approximate surface area is 315 Å². The number of rotatable bonds is 33. The van der Waals surface area contributed by atoms with Gasteiger partial charge in [0.2, 0.25) is 0 Å². The highest BCUT2D eigenvalue weighted by atomic mass is 35.7. The molecule has 0 unspecified atom stereocenters. The van der Waals surface area contributed by atoms with Gasteiger partial charge < -0.3 is 9.84 Å². The first-order valence-electron chi connectivity index (χ1n) is 19.0. The van der Waals surface area contributed by atoms with Crippen LogP contribution in [0, 0.1) is 0 Å². The number of aliphatic carboxylic acids is 1. The van der Waals surface area contributed by atoms with Crippen molar-refractivity contribution in [2.75, 3.05) is 12.1 Å². The zero-order valence-electron chi connectivity index (χ0n) is 31.0. The normalized spacial score (nSPS) is 11.3. The number of unbranched alkanes of at least 4 members (excludes halogenated alkanes) is 22. The van der Waals surface area contributed by atoms with Gasteiger partial charge in [-0.25, -0.2) is 4.18 Å². The number of hydrogen-bond donors (Lipinski definition) is 1. The van der Waals surface area contributed by atoms with Gasteiger partial charge >= 0.3 is 21.3 Å². The summed E-state index contributed by atoms with van der Waals surface area (Å²) in [6, 6.07) is -0.463. The van der Waals surface area contributed by atoms with Crippen molar-refractivity contribution >= 4 is 55.2 Å². The van der Waals surface area contributed by atoms with E-state index in [1.165, 1.54) is 141 Å². The molecular weight excluding hydrogens is 707 g/mol. The first-order valence-corrected chi connectivity index (χ1v) is 22.3. The lowest BCUT2D eigenvalue weighted by Crippen LogP contribution is -2.01. The Morgan fingerprint density at radius 3 is 1.14 bits per heavy atom. The maximum Gasteiger partial charge on any atom is 0.356 e. The second kappa shape index (κ2) is 45.2. The molecule has 0 aromatic rings. The van der Waals surface area contributed by atoms with Crippen molar-refractivity contribution in [2.45, 2.75) is 194 Å². The molecule has 0 atom stereocenters. The first kappa shape index (κ1) is 52.6. The van der Waals surface area contributed by atoms with Crippen LogP contribution in [0.4, 0.5) is 0 Å². The van der Waals surface area contributed by atoms with Gasteiger partial charge in [0.05, 0.1) is 0 Å². The van der Waals surface area contributed by atoms with E-state index in [-0.39, 0.29) is 12.0 Å². The minimum absolute atomic E-state index is 0.0239. The number of carboxylic acid groups (broad SMARTS) is 1. The Kier molecular flexibility index (Phi) is 48.5. The van der Waals surface area contributed by atoms with Crippen LogP contribution in [0.3, 0.4) is 0 Å². The predicted molar refractivity (Wildman–Crippen MR) is 210 cm³/mol. The van der Waals surface area contributed by atoms with Crippen LogP contribution < -0.4 is 0 Å². The molecule has 0 aliphatic rings. The van der Waals surface area contributed by atoms with E-state index in [2.05, 4.69) is 57.8 Å². The van der Waals surface area contributed by atoms with Crippen LogP contribution in [-0.2, 0) is 27.8 Å². The highest BCUT2D eigenvalue weighted by molar-refractivity contribution is 8.10. The standard InChI is InChI=1S/C19H35ClO2.C18H34O2.CH2Cl2O3S/c1-2-3-4-5-6-7-8-9-10-11-12-13-14-15-16-17-19(21)22-18-20;1-2-3-4-5-6-7-8-9-10-11-12-13-14-15-16-17-18(19)20;2-1-6-7(3,4)5/h9-10H,2-8,11-18H2,1H3;9-10H,2-8,11-17H2,1H3,(H,19,20);1H2/b2*10-9+;. The second-order valence-electron chi connectivity index (χ2n) is 12.3. The Morgan fingerprint density at radius 2 is 0.857 bits per heavy atom. The molecule has 292 valence electrons. The summed E-state index contributed by atoms with van der Waals surface area (Å²) in [5.41, 5.74) is 0. The van der Waals surface area contributed by atoms with E-state index in [1.807, 2.05) is 0 Å². The van der Waals surface area contributed by atoms with Crippen LogP contribution in [0.25, 0.3) is 0 Å². The average Bonchev–Trinajstić information content (AvgIpc) is 3.05. The summed E-state index contributed by atoms with van der Waals surface area (Å²) in [6.45, 7) is 4.52. The summed E-state index contributed by atoms with van der Waals surface area (Å²) in [5.74, 6) is -0.838. The van der Waals surface area contributed by atoms with E-state index in [0.29, 0.717) is 12.8 Å². The van der Waals surface area contributed by atoms with Crippen molar-refractivity contribution in [2.24, 2.45) is 0 Å². The summed E-state index contributed by atoms with van der Waals surface area (Å²) in [5, 5.41) is 8.51. The van der Waals surface area contributed by atoms with E-state index in [0.717, 1.165) is 25.7 Å². The SMILES string of the molecule is CCCCCCCC/C=C/CCCCCCCC(=O)O.CCCCCCCC/C=C/CCCCCCCC(=O)OCCl.O=S(=O)(Cl)OCCl. The summed E-state index contributed by atoms with van der Waals surface area (Å²) in [6.07, 6.45) is 42.9. The molecular formula is C38H71Cl3O7S. The summed E-state index contributed by atoms with van der Waals surface area (Å²) < 4.78 is 27.8. The molecule has 0 spiro atoms. The number of ether oxygens (including phenoxy) is 1. The lowest BCUT2D eigenvalue weighted by Gasteiger charge is -2.01. The van der Waals surface area contributed by atoms with Crippen LogP contribution in [0.2, 0.25) is 0 Å². The fourth-order valence-corrected chi connectivity index (χ4v) is 5.72. The van der Waals surface area contributed by atoms with Crippen LogP contribution in [0.15, 0.2) is 24.3 Å². The van der Waals surface area contributed by atoms with E-state index in [9.17, 15) is 18.0 Å². The Balaban J connectivity index is -0.000000725. The van der Waals surface area contributed by atoms with Crippen molar-refractivity contribution in [1.82, 2.24) is 0 Å². The molecule has 49 heavy (non-hydrogen) atoms. The molecule has 0 saturated carbocycles. The van der Waals surface area contributed by atoms with Gasteiger partial charge in [-0.15, -0.1) is 0 Å². The van der Waals surface area contributed by atoms with Gasteiger partial charge in [-0.05, 0) is 64.2 Å². The third-order valence-electron chi connectivity index (χ3n) is 7.70. The minimum atomic E-state index is -3.83. The number of allylic oxidation sites excluding steroid dienone is 4. The summed E-state index contributed by atoms with van der Waals surface area (Å²) in [7, 11) is 0.665. The molecule has 0 bridgehead atoms. The number of alkyl halides is 2. The lowest BCUT2D eigenvalue weighted by atomic mass is 10.1. The second-order valence-corrected chi connectivity index (χ2v) is 14.9. The van der Waals surface area contributed by atoms with Gasteiger partial charge in [0, 0.05) is 23.5 Å². The predicted octanol–water partition coefficient (Wildman–Crippen LogP) is 13.6. The van der Waals surface area contributed by atoms with Crippen LogP contribution in [0.1, 0.15) is 194 Å². The van der Waals surface area contributed by atoms with Gasteiger partial charge in [-0.3, -0.25) is 9.59 Å². The van der Waals surface area contributed by atoms with E-state index in [1.54, 1.807) is 0 Å². The molecule has 0 heterocycles. The largest absolute Gasteiger partial charge is 0.481 e. The molecule has 0 radical (unpaired) electrons. The summed E-state index contributed by atoms with van der Waals surface area (Å²) in [4.78, 5) is 21.4. The molecule has 0 saturated heterocycles. The molecule has 0 rings (SSSR count). The van der Waals surface area contributed by atoms with Gasteiger partial charge in [-0.2, -0.15) is 8.42 Å². The molecule has 0 aromatic carbocycles. The van der Waals surface area contributed by atoms with E-state index >= 15 is 0 Å². The zero-order valence-corrected chi connectivity index (χ0v) is 34.0. The van der Waals surface area contributed by atoms with Crippen LogP contribution in [0.5, 0.6) is 0 Å². The zero-order chi connectivity index (χ0) is 37.1. The van der Waals surface area contributed by atoms with E-state index in [4.69, 9.17) is 28.3 Å². The maximum absolute atomic E-state index is 11.1. The fraction of sp³-hybridized carbons (Fsp3) is 0.842. The maximum atomic E-state index is 11.1. The monoisotopic (exact) mass is 776 g/mol. The molecule has 11 heteroatoms. The topological polar surface area (TPSA) is 107 Å². The fourth-order valence-electron chi connectivity index (χ4n) is 4.87. The van der Waals surface area contributed by atoms with Crippen molar-refractivity contribution in [1.29, 1.82) is 0 Å². The van der Waals surface area contributed by atoms with Crippen molar-refractivity contribution in [3.8, 4) is 0 Å². The number of esters is 1. The van der Waals surface area contributed by atoms with E-state index < -0.39 is 21.4 Å². The number of carbonyl (C=O) groups is 2. The van der Waals surface area contributed by atoms with Gasteiger partial charge in [0.15, 0.2) is 6.07 Å². The molecule has 0 aliphatic carbocycles. The average molecular weight is 778 g/mol. The molecule has 7 nitrogen and oxygen atoms in total. The highest BCUT2D eigenvalue weighted by Crippen LogP contribution is 2.11. The number of halogens is 3. The minimum Gasteiger partial charge on any atom is -0.481 e. The Morgan fingerprint density at radius 1 is 0.531 bits per heavy atom. The molecule has 0 amide bonds. The molecule has 0 aliphatic heterocycles. The van der Waals surface area contributed by atoms with Crippen molar-refractivity contribution in [3.63, 3.8) is 0 Å². The smallest absolute Gasteiger partial charge is 0.356 e. The third kappa shape index (κ3) is 59.7. The van der Waals surface area contributed by atoms with Gasteiger partial charge in [0.1, 0.15) is 6.07 Å². The number of hydrogen-bond acceptors (Lipinski definition) is 6. The van der Waals surface area contributed by atoms with Crippen molar-refractivity contribution in [3.05, 3.63) is 24.3 Å². The highest BCUT2D eigenvalue weighted by Gasteiger charge is 2.01. The quantitative estimate of drug-likeness (QED) is 0.0232. The summed E-state index contributed by atoms with van der Waals surface area (Å²) >= 11 is 10.1. The van der Waals surface area contributed by atoms with Crippen LogP contribution >= 0.6 is 33.9 Å². The molecule has 0 fully saturated rings. The van der Waals surface area contributed by atoms with Gasteiger partial charge in [-0.1, -0.05) is 164 Å². The third-order valence-corrected chi connectivity index (χ3v) is 8.71. The van der Waals surface area contributed by atoms with Gasteiger partial charge in [0.25, 0.3) is 0 Å². The van der Waals surface area contributed by atoms with Crippen LogP contribution in [-0.4, -0.2) is 37.6 Å². The van der Waals surface area contributed by atoms with Crippen molar-refractivity contribution < 1.29 is 32.0 Å². The first-order chi connectivity index (χ1) is 23.6. The number of carbonyl (C=O) groups excluding carboxylic acids is 1.